The quantitative estimate of drug-likeness (QED) is 0.866. The van der Waals surface area contributed by atoms with E-state index in [9.17, 15) is 5.11 Å². The number of aromatic nitrogens is 3. The van der Waals surface area contributed by atoms with Crippen molar-refractivity contribution in [1.82, 2.24) is 14.8 Å². The molecule has 1 aliphatic rings. The monoisotopic (exact) mass is 244 g/mol. The second-order valence-corrected chi connectivity index (χ2v) is 4.60. The maximum Gasteiger partial charge on any atom is 0.152 e. The van der Waals surface area contributed by atoms with Gasteiger partial charge in [-0.3, -0.25) is 0 Å². The fraction of sp³-hybridized carbons (Fsp3) is 0.385. The molecule has 18 heavy (non-hydrogen) atoms. The Hall–Kier alpha value is -1.88. The van der Waals surface area contributed by atoms with Crippen LogP contribution in [0.2, 0.25) is 0 Å². The van der Waals surface area contributed by atoms with Gasteiger partial charge in [0.05, 0.1) is 12.6 Å². The predicted octanol–water partition coefficient (Wildman–Crippen LogP) is 1.35. The molecule has 0 amide bonds. The first-order valence-corrected chi connectivity index (χ1v) is 6.14. The number of aliphatic hydroxyl groups excluding tert-OH is 1. The minimum Gasteiger partial charge on any atom is -0.389 e. The highest BCUT2D eigenvalue weighted by atomic mass is 16.3. The number of hydrogen-bond acceptors (Lipinski definition) is 4. The van der Waals surface area contributed by atoms with E-state index in [-0.39, 0.29) is 0 Å². The summed E-state index contributed by atoms with van der Waals surface area (Å²) in [6, 6.07) is 7.98. The van der Waals surface area contributed by atoms with Crippen LogP contribution in [0.3, 0.4) is 0 Å². The van der Waals surface area contributed by atoms with Gasteiger partial charge in [0.2, 0.25) is 0 Å². The van der Waals surface area contributed by atoms with Gasteiger partial charge >= 0.3 is 0 Å². The molecule has 0 aliphatic carbocycles. The Balaban J connectivity index is 1.93. The van der Waals surface area contributed by atoms with Crippen LogP contribution < -0.4 is 4.90 Å². The van der Waals surface area contributed by atoms with Crippen LogP contribution in [0.5, 0.6) is 0 Å². The molecule has 0 saturated heterocycles. The lowest BCUT2D eigenvalue weighted by molar-refractivity contribution is 0.199. The normalized spacial score (nSPS) is 16.4. The topological polar surface area (TPSA) is 54.2 Å². The van der Waals surface area contributed by atoms with E-state index < -0.39 is 6.10 Å². The molecule has 0 saturated carbocycles. The molecule has 94 valence electrons. The lowest BCUT2D eigenvalue weighted by Crippen LogP contribution is -2.34. The number of fused-ring (bicyclic) bond motifs is 1. The zero-order chi connectivity index (χ0) is 12.5. The minimum absolute atomic E-state index is 0.457. The summed E-state index contributed by atoms with van der Waals surface area (Å²) >= 11 is 0. The van der Waals surface area contributed by atoms with Gasteiger partial charge in [0.1, 0.15) is 6.33 Å². The molecule has 0 bridgehead atoms. The second-order valence-electron chi connectivity index (χ2n) is 4.60. The summed E-state index contributed by atoms with van der Waals surface area (Å²) in [5, 5.41) is 17.9. The zero-order valence-corrected chi connectivity index (χ0v) is 10.3. The van der Waals surface area contributed by atoms with Gasteiger partial charge in [0.25, 0.3) is 0 Å². The third-order valence-corrected chi connectivity index (χ3v) is 3.37. The molecule has 0 radical (unpaired) electrons. The van der Waals surface area contributed by atoms with Crippen LogP contribution in [-0.2, 0) is 13.1 Å². The first kappa shape index (κ1) is 11.2. The molecule has 5 heteroatoms. The molecule has 1 N–H and O–H groups in total. The summed E-state index contributed by atoms with van der Waals surface area (Å²) in [5.74, 6) is 0.974. The number of nitrogens with zero attached hydrogens (tertiary/aromatic N) is 4. The third-order valence-electron chi connectivity index (χ3n) is 3.37. The average Bonchev–Trinajstić information content (AvgIpc) is 2.85. The van der Waals surface area contributed by atoms with Gasteiger partial charge in [-0.25, -0.2) is 0 Å². The SMILES string of the molecule is CC(O)c1ccccc1N1CCn2cnnc2C1. The lowest BCUT2D eigenvalue weighted by atomic mass is 10.1. The Morgan fingerprint density at radius 2 is 2.11 bits per heavy atom. The van der Waals surface area contributed by atoms with E-state index in [2.05, 4.69) is 19.7 Å². The van der Waals surface area contributed by atoms with Gasteiger partial charge < -0.3 is 14.6 Å². The fourth-order valence-electron chi connectivity index (χ4n) is 2.40. The average molecular weight is 244 g/mol. The number of aliphatic hydroxyl groups is 1. The Kier molecular flexibility index (Phi) is 2.76. The molecule has 0 fully saturated rings. The van der Waals surface area contributed by atoms with Crippen molar-refractivity contribution in [1.29, 1.82) is 0 Å². The van der Waals surface area contributed by atoms with Gasteiger partial charge in [0.15, 0.2) is 5.82 Å². The molecular formula is C13H16N4O. The third kappa shape index (κ3) is 1.86. The Morgan fingerprint density at radius 1 is 1.28 bits per heavy atom. The van der Waals surface area contributed by atoms with Crippen molar-refractivity contribution in [3.05, 3.63) is 42.0 Å². The van der Waals surface area contributed by atoms with E-state index in [0.717, 1.165) is 36.7 Å². The van der Waals surface area contributed by atoms with E-state index in [4.69, 9.17) is 0 Å². The van der Waals surface area contributed by atoms with Crippen LogP contribution in [-0.4, -0.2) is 26.4 Å². The van der Waals surface area contributed by atoms with E-state index in [1.54, 1.807) is 13.3 Å². The fourth-order valence-corrected chi connectivity index (χ4v) is 2.40. The van der Waals surface area contributed by atoms with Crippen LogP contribution in [0, 0.1) is 0 Å². The van der Waals surface area contributed by atoms with Crippen LogP contribution in [0.25, 0.3) is 0 Å². The number of anilines is 1. The maximum atomic E-state index is 9.83. The Labute approximate surface area is 106 Å². The van der Waals surface area contributed by atoms with Crippen molar-refractivity contribution >= 4 is 5.69 Å². The van der Waals surface area contributed by atoms with Gasteiger partial charge in [-0.15, -0.1) is 10.2 Å². The zero-order valence-electron chi connectivity index (χ0n) is 10.3. The molecule has 1 aromatic carbocycles. The van der Waals surface area contributed by atoms with Crippen molar-refractivity contribution < 1.29 is 5.11 Å². The number of hydrogen-bond donors (Lipinski definition) is 1. The largest absolute Gasteiger partial charge is 0.389 e. The molecule has 2 aromatic rings. The van der Waals surface area contributed by atoms with Gasteiger partial charge in [-0.1, -0.05) is 18.2 Å². The highest BCUT2D eigenvalue weighted by Gasteiger charge is 2.20. The van der Waals surface area contributed by atoms with E-state index >= 15 is 0 Å². The minimum atomic E-state index is -0.457. The number of rotatable bonds is 2. The summed E-state index contributed by atoms with van der Waals surface area (Å²) in [6.45, 7) is 4.33. The summed E-state index contributed by atoms with van der Waals surface area (Å²) in [6.07, 6.45) is 1.31. The standard InChI is InChI=1S/C13H16N4O/c1-10(18)11-4-2-3-5-12(11)16-6-7-17-9-14-15-13(17)8-16/h2-5,9-10,18H,6-8H2,1H3. The highest BCUT2D eigenvalue weighted by Crippen LogP contribution is 2.28. The van der Waals surface area contributed by atoms with Crippen LogP contribution in [0.4, 0.5) is 5.69 Å². The molecular weight excluding hydrogens is 228 g/mol. The molecule has 0 spiro atoms. The summed E-state index contributed by atoms with van der Waals surface area (Å²) in [4.78, 5) is 2.24. The van der Waals surface area contributed by atoms with E-state index in [1.807, 2.05) is 24.3 Å². The summed E-state index contributed by atoms with van der Waals surface area (Å²) < 4.78 is 2.07. The lowest BCUT2D eigenvalue weighted by Gasteiger charge is -2.31. The molecule has 1 aliphatic heterocycles. The van der Waals surface area contributed by atoms with Crippen molar-refractivity contribution in [2.75, 3.05) is 11.4 Å². The van der Waals surface area contributed by atoms with Crippen LogP contribution in [0.15, 0.2) is 30.6 Å². The smallest absolute Gasteiger partial charge is 0.152 e. The molecule has 2 heterocycles. The van der Waals surface area contributed by atoms with Crippen molar-refractivity contribution in [2.24, 2.45) is 0 Å². The molecule has 5 nitrogen and oxygen atoms in total. The van der Waals surface area contributed by atoms with Crippen molar-refractivity contribution in [3.63, 3.8) is 0 Å². The second kappa shape index (κ2) is 4.42. The van der Waals surface area contributed by atoms with Crippen LogP contribution >= 0.6 is 0 Å². The van der Waals surface area contributed by atoms with Crippen LogP contribution in [0.1, 0.15) is 24.4 Å². The van der Waals surface area contributed by atoms with Crippen molar-refractivity contribution in [2.45, 2.75) is 26.1 Å². The van der Waals surface area contributed by atoms with E-state index in [0.29, 0.717) is 0 Å². The van der Waals surface area contributed by atoms with Gasteiger partial charge in [-0.2, -0.15) is 0 Å². The van der Waals surface area contributed by atoms with Gasteiger partial charge in [0, 0.05) is 24.3 Å². The summed E-state index contributed by atoms with van der Waals surface area (Å²) in [7, 11) is 0. The Morgan fingerprint density at radius 3 is 2.94 bits per heavy atom. The summed E-state index contributed by atoms with van der Waals surface area (Å²) in [5.41, 5.74) is 2.05. The predicted molar refractivity (Wildman–Crippen MR) is 68.1 cm³/mol. The number of benzene rings is 1. The highest BCUT2D eigenvalue weighted by molar-refractivity contribution is 5.54. The maximum absolute atomic E-state index is 9.83. The first-order chi connectivity index (χ1) is 8.75. The molecule has 1 unspecified atom stereocenters. The van der Waals surface area contributed by atoms with Crippen molar-refractivity contribution in [3.8, 4) is 0 Å². The van der Waals surface area contributed by atoms with Gasteiger partial charge in [-0.05, 0) is 13.0 Å². The molecule has 1 aromatic heterocycles. The molecule has 1 atom stereocenters. The van der Waals surface area contributed by atoms with E-state index in [1.165, 1.54) is 0 Å². The first-order valence-electron chi connectivity index (χ1n) is 6.14. The Bertz CT molecular complexity index is 549. The molecule has 3 rings (SSSR count). The number of para-hydroxylation sites is 1.